The zero-order chi connectivity index (χ0) is 16.8. The van der Waals surface area contributed by atoms with Gasteiger partial charge in [-0.05, 0) is 25.3 Å². The van der Waals surface area contributed by atoms with Gasteiger partial charge in [-0.2, -0.15) is 5.10 Å². The fourth-order valence-electron chi connectivity index (χ4n) is 2.61. The summed E-state index contributed by atoms with van der Waals surface area (Å²) in [5.74, 6) is -0.208. The SMILES string of the molecule is CCCCn1nc(C(=O)NC(CC)CC)c2ccccc2c1=O. The molecule has 5 nitrogen and oxygen atoms in total. The second-order valence-electron chi connectivity index (χ2n) is 5.76. The smallest absolute Gasteiger partial charge is 0.274 e. The first-order chi connectivity index (χ1) is 11.1. The topological polar surface area (TPSA) is 64.0 Å². The van der Waals surface area contributed by atoms with E-state index in [4.69, 9.17) is 0 Å². The second-order valence-corrected chi connectivity index (χ2v) is 5.76. The Hall–Kier alpha value is -2.17. The summed E-state index contributed by atoms with van der Waals surface area (Å²) in [6, 6.07) is 7.31. The van der Waals surface area contributed by atoms with Crippen LogP contribution >= 0.6 is 0 Å². The number of rotatable bonds is 7. The van der Waals surface area contributed by atoms with Gasteiger partial charge in [0.25, 0.3) is 11.5 Å². The normalized spacial score (nSPS) is 11.1. The summed E-state index contributed by atoms with van der Waals surface area (Å²) in [7, 11) is 0. The van der Waals surface area contributed by atoms with Crippen LogP contribution in [-0.2, 0) is 6.54 Å². The minimum Gasteiger partial charge on any atom is -0.348 e. The molecule has 124 valence electrons. The molecule has 0 saturated carbocycles. The number of carbonyl (C=O) groups is 1. The summed E-state index contributed by atoms with van der Waals surface area (Å²) in [5, 5.41) is 8.53. The van der Waals surface area contributed by atoms with E-state index in [0.29, 0.717) is 23.0 Å². The Bertz CT molecular complexity index is 733. The van der Waals surface area contributed by atoms with Gasteiger partial charge >= 0.3 is 0 Å². The van der Waals surface area contributed by atoms with E-state index >= 15 is 0 Å². The van der Waals surface area contributed by atoms with Crippen LogP contribution in [0.5, 0.6) is 0 Å². The van der Waals surface area contributed by atoms with Crippen LogP contribution in [0.3, 0.4) is 0 Å². The fourth-order valence-corrected chi connectivity index (χ4v) is 2.61. The predicted octanol–water partition coefficient (Wildman–Crippen LogP) is 3.12. The molecule has 0 aliphatic heterocycles. The molecule has 0 saturated heterocycles. The molecule has 1 heterocycles. The lowest BCUT2D eigenvalue weighted by atomic mass is 10.1. The molecule has 1 aromatic carbocycles. The van der Waals surface area contributed by atoms with E-state index in [1.165, 1.54) is 4.68 Å². The molecule has 1 aromatic heterocycles. The number of carbonyl (C=O) groups excluding carboxylic acids is 1. The quantitative estimate of drug-likeness (QED) is 0.854. The number of aromatic nitrogens is 2. The average Bonchev–Trinajstić information content (AvgIpc) is 2.59. The maximum Gasteiger partial charge on any atom is 0.274 e. The summed E-state index contributed by atoms with van der Waals surface area (Å²) in [4.78, 5) is 25.1. The molecule has 23 heavy (non-hydrogen) atoms. The first-order valence-corrected chi connectivity index (χ1v) is 8.43. The number of nitrogens with one attached hydrogen (secondary N) is 1. The highest BCUT2D eigenvalue weighted by Crippen LogP contribution is 2.14. The van der Waals surface area contributed by atoms with E-state index in [1.807, 2.05) is 26.0 Å². The zero-order valence-electron chi connectivity index (χ0n) is 14.1. The van der Waals surface area contributed by atoms with Gasteiger partial charge in [0.05, 0.1) is 5.39 Å². The fraction of sp³-hybridized carbons (Fsp3) is 0.500. The van der Waals surface area contributed by atoms with Crippen molar-refractivity contribution < 1.29 is 4.79 Å². The molecule has 0 fully saturated rings. The Labute approximate surface area is 136 Å². The Morgan fingerprint density at radius 2 is 1.83 bits per heavy atom. The maximum atomic E-state index is 12.6. The molecule has 0 atom stereocenters. The van der Waals surface area contributed by atoms with Gasteiger partial charge in [-0.3, -0.25) is 9.59 Å². The lowest BCUT2D eigenvalue weighted by molar-refractivity contribution is 0.0929. The van der Waals surface area contributed by atoms with Crippen LogP contribution in [0.4, 0.5) is 0 Å². The Balaban J connectivity index is 2.51. The van der Waals surface area contributed by atoms with Gasteiger partial charge in [-0.15, -0.1) is 0 Å². The van der Waals surface area contributed by atoms with Gasteiger partial charge in [0.15, 0.2) is 5.69 Å². The van der Waals surface area contributed by atoms with Crippen molar-refractivity contribution in [1.82, 2.24) is 15.1 Å². The number of hydrogen-bond donors (Lipinski definition) is 1. The van der Waals surface area contributed by atoms with E-state index in [-0.39, 0.29) is 17.5 Å². The monoisotopic (exact) mass is 315 g/mol. The molecule has 0 aliphatic rings. The molecular weight excluding hydrogens is 290 g/mol. The molecule has 0 bridgehead atoms. The number of amides is 1. The van der Waals surface area contributed by atoms with Crippen LogP contribution in [0.25, 0.3) is 10.8 Å². The van der Waals surface area contributed by atoms with E-state index < -0.39 is 0 Å². The number of nitrogens with zero attached hydrogens (tertiary/aromatic N) is 2. The molecule has 5 heteroatoms. The minimum absolute atomic E-state index is 0.124. The molecule has 0 unspecified atom stereocenters. The highest BCUT2D eigenvalue weighted by atomic mass is 16.2. The van der Waals surface area contributed by atoms with Gasteiger partial charge < -0.3 is 5.32 Å². The summed E-state index contributed by atoms with van der Waals surface area (Å²) >= 11 is 0. The van der Waals surface area contributed by atoms with Gasteiger partial charge in [0, 0.05) is 18.0 Å². The van der Waals surface area contributed by atoms with Gasteiger partial charge in [0.2, 0.25) is 0 Å². The lowest BCUT2D eigenvalue weighted by Gasteiger charge is -2.16. The number of hydrogen-bond acceptors (Lipinski definition) is 3. The Morgan fingerprint density at radius 1 is 1.17 bits per heavy atom. The molecule has 0 aliphatic carbocycles. The van der Waals surface area contributed by atoms with Crippen LogP contribution in [0.2, 0.25) is 0 Å². The third-order valence-corrected chi connectivity index (χ3v) is 4.13. The highest BCUT2D eigenvalue weighted by molar-refractivity contribution is 6.04. The summed E-state index contributed by atoms with van der Waals surface area (Å²) < 4.78 is 1.42. The molecule has 0 radical (unpaired) electrons. The van der Waals surface area contributed by atoms with Crippen LogP contribution in [0.1, 0.15) is 56.9 Å². The first-order valence-electron chi connectivity index (χ1n) is 8.43. The standard InChI is InChI=1S/C18H25N3O2/c1-4-7-12-21-18(23)15-11-9-8-10-14(15)16(20-21)17(22)19-13(5-2)6-3/h8-11,13H,4-7,12H2,1-3H3,(H,19,22). The summed E-state index contributed by atoms with van der Waals surface area (Å²) in [6.45, 7) is 6.68. The van der Waals surface area contributed by atoms with Crippen LogP contribution < -0.4 is 10.9 Å². The van der Waals surface area contributed by atoms with Crippen molar-refractivity contribution in [2.24, 2.45) is 0 Å². The maximum absolute atomic E-state index is 12.6. The van der Waals surface area contributed by atoms with E-state index in [9.17, 15) is 9.59 Å². The third-order valence-electron chi connectivity index (χ3n) is 4.13. The molecule has 2 rings (SSSR count). The van der Waals surface area contributed by atoms with Crippen molar-refractivity contribution >= 4 is 16.7 Å². The van der Waals surface area contributed by atoms with Crippen LogP contribution in [0, 0.1) is 0 Å². The first kappa shape index (κ1) is 17.2. The Morgan fingerprint density at radius 3 is 2.43 bits per heavy atom. The largest absolute Gasteiger partial charge is 0.348 e. The molecule has 1 amide bonds. The third kappa shape index (κ3) is 3.78. The van der Waals surface area contributed by atoms with Gasteiger partial charge in [0.1, 0.15) is 0 Å². The number of unbranched alkanes of at least 4 members (excludes halogenated alkanes) is 1. The van der Waals surface area contributed by atoms with E-state index in [2.05, 4.69) is 17.3 Å². The second kappa shape index (κ2) is 7.90. The zero-order valence-corrected chi connectivity index (χ0v) is 14.1. The molecule has 2 aromatic rings. The van der Waals surface area contributed by atoms with Gasteiger partial charge in [-0.1, -0.05) is 45.4 Å². The molecular formula is C18H25N3O2. The lowest BCUT2D eigenvalue weighted by Crippen LogP contribution is -2.36. The Kier molecular flexibility index (Phi) is 5.90. The van der Waals surface area contributed by atoms with Crippen molar-refractivity contribution in [2.75, 3.05) is 0 Å². The summed E-state index contributed by atoms with van der Waals surface area (Å²) in [6.07, 6.45) is 3.57. The van der Waals surface area contributed by atoms with Crippen molar-refractivity contribution in [2.45, 2.75) is 59.0 Å². The van der Waals surface area contributed by atoms with E-state index in [1.54, 1.807) is 12.1 Å². The highest BCUT2D eigenvalue weighted by Gasteiger charge is 2.18. The van der Waals surface area contributed by atoms with Crippen molar-refractivity contribution in [1.29, 1.82) is 0 Å². The average molecular weight is 315 g/mol. The van der Waals surface area contributed by atoms with Crippen molar-refractivity contribution in [3.8, 4) is 0 Å². The van der Waals surface area contributed by atoms with Crippen LogP contribution in [-0.4, -0.2) is 21.7 Å². The molecule has 0 spiro atoms. The van der Waals surface area contributed by atoms with Gasteiger partial charge in [-0.25, -0.2) is 4.68 Å². The number of aryl methyl sites for hydroxylation is 1. The minimum atomic E-state index is -0.208. The predicted molar refractivity (Wildman–Crippen MR) is 92.7 cm³/mol. The van der Waals surface area contributed by atoms with E-state index in [0.717, 1.165) is 25.7 Å². The molecule has 1 N–H and O–H groups in total. The number of fused-ring (bicyclic) bond motifs is 1. The summed E-state index contributed by atoms with van der Waals surface area (Å²) in [5.41, 5.74) is 0.205. The van der Waals surface area contributed by atoms with Crippen molar-refractivity contribution in [3.05, 3.63) is 40.3 Å². The van der Waals surface area contributed by atoms with Crippen molar-refractivity contribution in [3.63, 3.8) is 0 Å². The van der Waals surface area contributed by atoms with Crippen LogP contribution in [0.15, 0.2) is 29.1 Å². The number of benzene rings is 1.